The van der Waals surface area contributed by atoms with Crippen LogP contribution < -0.4 is 104 Å². The van der Waals surface area contributed by atoms with Crippen LogP contribution in [0.25, 0.3) is 0 Å². The van der Waals surface area contributed by atoms with Crippen LogP contribution in [-0.2, 0) is 68.8 Å². The van der Waals surface area contributed by atoms with Crippen LogP contribution >= 0.6 is 70.6 Å². The number of ketones is 3. The zero-order chi connectivity index (χ0) is 63.7. The first kappa shape index (κ1) is 113. The molecule has 0 spiro atoms. The number of nitriles is 2. The molecular weight excluding hydrogens is 1310 g/mol. The molecule has 89 heavy (non-hydrogen) atoms. The second-order valence-corrected chi connectivity index (χ2v) is 23.3. The van der Waals surface area contributed by atoms with Crippen LogP contribution in [-0.4, -0.2) is 92.4 Å². The summed E-state index contributed by atoms with van der Waals surface area (Å²) >= 11 is 18.0. The van der Waals surface area contributed by atoms with Gasteiger partial charge in [0.25, 0.3) is 22.2 Å². The van der Waals surface area contributed by atoms with E-state index in [2.05, 4.69) is 56.2 Å². The molecular formula is C59H100N10Na2O10S8. The van der Waals surface area contributed by atoms with Crippen LogP contribution in [0.1, 0.15) is 144 Å². The number of allylic oxidation sites excluding steroid dienone is 2. The molecule has 4 aromatic rings. The first-order valence-electron chi connectivity index (χ1n) is 23.5. The summed E-state index contributed by atoms with van der Waals surface area (Å²) in [5.41, 5.74) is 19.7. The van der Waals surface area contributed by atoms with Crippen LogP contribution in [0.4, 0.5) is 4.79 Å². The zero-order valence-electron chi connectivity index (χ0n) is 50.8. The molecule has 0 aliphatic carbocycles. The molecule has 0 aliphatic heterocycles. The minimum absolute atomic E-state index is 0. The Balaban J connectivity index is -0.0000000776. The van der Waals surface area contributed by atoms with Gasteiger partial charge >= 0.3 is 65.2 Å². The number of nitrogens with two attached hydrogens (primary N) is 3. The summed E-state index contributed by atoms with van der Waals surface area (Å²) in [6.45, 7) is 19.5. The summed E-state index contributed by atoms with van der Waals surface area (Å²) in [6.07, 6.45) is 13.7. The molecule has 30 heteroatoms. The average molecular weight is 1410 g/mol. The molecule has 0 radical (unpaired) electrons. The van der Waals surface area contributed by atoms with E-state index in [1.54, 1.807) is 99.9 Å². The van der Waals surface area contributed by atoms with Crippen molar-refractivity contribution in [3.63, 3.8) is 0 Å². The zero-order valence-corrected chi connectivity index (χ0v) is 61.3. The van der Waals surface area contributed by atoms with E-state index in [1.165, 1.54) is 50.4 Å². The number of ether oxygens (including phenoxy) is 1. The molecule has 4 rings (SSSR count). The maximum Gasteiger partial charge on any atom is 1.00 e. The Morgan fingerprint density at radius 1 is 0.584 bits per heavy atom. The molecule has 0 aliphatic rings. The van der Waals surface area contributed by atoms with E-state index in [0.29, 0.717) is 29.8 Å². The maximum absolute atomic E-state index is 11.9. The molecule has 0 saturated heterocycles. The fourth-order valence-corrected chi connectivity index (χ4v) is 9.51. The van der Waals surface area contributed by atoms with E-state index < -0.39 is 17.6 Å². The summed E-state index contributed by atoms with van der Waals surface area (Å²) in [5.74, 6) is -0.369. The van der Waals surface area contributed by atoms with Crippen LogP contribution in [0.3, 0.4) is 0 Å². The number of rotatable bonds is 13. The van der Waals surface area contributed by atoms with E-state index in [4.69, 9.17) is 26.7 Å². The number of primary amides is 1. The number of hydrogen-bond donors (Lipinski definition) is 8. The molecule has 0 bridgehead atoms. The molecule has 0 fully saturated rings. The number of carbonyl (C=O) groups is 5. The smallest absolute Gasteiger partial charge is 0.807 e. The molecule has 4 aromatic heterocycles. The molecule has 0 unspecified atom stereocenters. The van der Waals surface area contributed by atoms with Crippen LogP contribution in [0.5, 0.6) is 0 Å². The number of hydrogen-bond acceptors (Lipinski definition) is 22. The predicted molar refractivity (Wildman–Crippen MR) is 383 cm³/mol. The number of Topliss-reactive ketones (excluding diaryl/α,β-unsaturated/α-hetero) is 1. The summed E-state index contributed by atoms with van der Waals surface area (Å²) < 4.78 is 6.43. The van der Waals surface area contributed by atoms with Gasteiger partial charge in [0.15, 0.2) is 5.78 Å². The predicted octanol–water partition coefficient (Wildman–Crippen LogP) is 5.89. The summed E-state index contributed by atoms with van der Waals surface area (Å²) in [4.78, 5) is 111. The molecule has 0 saturated carbocycles. The van der Waals surface area contributed by atoms with Gasteiger partial charge in [0.05, 0.1) is 18.2 Å². The van der Waals surface area contributed by atoms with Gasteiger partial charge < -0.3 is 81.5 Å². The number of thioether (sulfide) groups is 6. The van der Waals surface area contributed by atoms with Gasteiger partial charge in [0.2, 0.25) is 5.91 Å². The van der Waals surface area contributed by atoms with Crippen molar-refractivity contribution < 1.29 is 87.8 Å². The molecule has 11 N–H and O–H groups in total. The van der Waals surface area contributed by atoms with Crippen LogP contribution in [0.15, 0.2) is 83.7 Å². The average Bonchev–Trinajstić information content (AvgIpc) is 3.34. The number of nitrogens with one attached hydrogen (secondary N) is 5. The van der Waals surface area contributed by atoms with Crippen molar-refractivity contribution in [1.82, 2.24) is 25.3 Å². The molecule has 20 nitrogen and oxygen atoms in total. The van der Waals surface area contributed by atoms with Gasteiger partial charge in [-0.1, -0.05) is 50.6 Å². The van der Waals surface area contributed by atoms with Crippen molar-refractivity contribution >= 4 is 125 Å². The van der Waals surface area contributed by atoms with Gasteiger partial charge in [-0.2, -0.15) is 10.5 Å². The Bertz CT molecular complexity index is 3000. The molecule has 0 atom stereocenters. The van der Waals surface area contributed by atoms with Crippen LogP contribution in [0, 0.1) is 50.4 Å². The minimum atomic E-state index is -0.572. The fourth-order valence-electron chi connectivity index (χ4n) is 5.17. The first-order chi connectivity index (χ1) is 37.6. The summed E-state index contributed by atoms with van der Waals surface area (Å²) in [5, 5.41) is 18.9. The van der Waals surface area contributed by atoms with E-state index >= 15 is 0 Å². The summed E-state index contributed by atoms with van der Waals surface area (Å²) in [7, 11) is 0. The van der Waals surface area contributed by atoms with Crippen molar-refractivity contribution in [2.75, 3.05) is 37.5 Å². The molecule has 496 valence electrons. The van der Waals surface area contributed by atoms with E-state index in [1.807, 2.05) is 82.6 Å². The van der Waals surface area contributed by atoms with Gasteiger partial charge in [-0.25, -0.2) is 4.79 Å². The Morgan fingerprint density at radius 3 is 1.10 bits per heavy atom. The molecule has 2 amide bonds. The fraction of sp³-hybridized carbons (Fsp3) is 0.475. The molecule has 4 heterocycles. The van der Waals surface area contributed by atoms with Gasteiger partial charge in [-0.3, -0.25) is 33.6 Å². The number of alkyl carbamates (subject to hydrolysis) is 1. The number of carbonyl (C=O) groups excluding carboxylic acids is 5. The minimum Gasteiger partial charge on any atom is -0.807 e. The summed E-state index contributed by atoms with van der Waals surface area (Å²) in [6, 6.07) is 11.0. The monoisotopic (exact) mass is 1410 g/mol. The standard InChI is InChI=1S/C13H20N2O3S.2C8H12N2OS.C8H8N2OS.C6H10OS2.C4H6OS2.C3H4N2O.C3H6O.6CH4.2Na/c1-8-6-10(19-5)9(11(16)15-8)7-14-12(17)18-13(2,3)4;3*1-5-3-7(12-2)6(4-9)8(11)10-5;1-5(7)4-6(8-2)9-3;1-3(5)2-4(6)7;4-2-1-3(5)6;1-3(2)4;;;;;;;;/h6H,7H2,1-5H3,(H,14,17)(H,15,16);2*3H,4,9H2,1-2H3,(H,10,11);3H,1-2H3,(H,10,11);4H,1-3H3;2,6-7H,1H3;1H2,(H2,5,6);1-2H3;6*1H4;;/q;;;;;;;;;;;;;;2*+1/p-2. The third-order valence-corrected chi connectivity index (χ3v) is 13.8. The van der Waals surface area contributed by atoms with Gasteiger partial charge in [0.1, 0.15) is 35.2 Å². The van der Waals surface area contributed by atoms with Gasteiger partial charge in [0, 0.05) is 76.9 Å². The number of aromatic nitrogens is 4. The van der Waals surface area contributed by atoms with E-state index in [0.717, 1.165) is 46.6 Å². The van der Waals surface area contributed by atoms with Crippen molar-refractivity contribution in [2.45, 2.75) is 172 Å². The third-order valence-electron chi connectivity index (χ3n) is 8.33. The second-order valence-electron chi connectivity index (χ2n) is 16.9. The number of H-pyrrole nitrogens is 4. The maximum atomic E-state index is 11.9. The number of amides is 2. The van der Waals surface area contributed by atoms with Crippen molar-refractivity contribution in [3.05, 3.63) is 131 Å². The van der Waals surface area contributed by atoms with Crippen molar-refractivity contribution in [1.29, 1.82) is 10.5 Å². The van der Waals surface area contributed by atoms with E-state index in [9.17, 15) is 43.2 Å². The quantitative estimate of drug-likeness (QED) is 0.0334. The Labute approximate surface area is 612 Å². The van der Waals surface area contributed by atoms with E-state index in [-0.39, 0.29) is 166 Å². The first-order valence-corrected chi connectivity index (χ1v) is 31.6. The number of nitrogens with zero attached hydrogens (tertiary/aromatic N) is 2. The largest absolute Gasteiger partial charge is 1.00 e. The third kappa shape index (κ3) is 58.1. The Kier molecular flexibility index (Phi) is 82.0. The Hall–Kier alpha value is -3.53. The second kappa shape index (κ2) is 64.6. The van der Waals surface area contributed by atoms with Crippen LogP contribution in [0.2, 0.25) is 0 Å². The van der Waals surface area contributed by atoms with Gasteiger partial charge in [-0.05, 0) is 138 Å². The number of pyridine rings is 4. The Morgan fingerprint density at radius 2 is 0.888 bits per heavy atom. The van der Waals surface area contributed by atoms with Gasteiger partial charge in [-0.15, -0.1) is 70.6 Å². The van der Waals surface area contributed by atoms with Crippen molar-refractivity contribution in [2.24, 2.45) is 17.2 Å². The topological polar surface area (TPSA) is 364 Å². The normalized spacial score (nSPS) is 8.64. The SMILES string of the molecule is C.C.C.C.C.C.CC(=O)C=C([S-])[S-].CC(C)=O.CSC(=CC(C)=O)SC.CSc1cc(C)[nH]c(=O)c1C#N.CSc1cc(C)[nH]c(=O)c1CN.CSc1cc(C)[nH]c(=O)c1CN.CSc1cc(C)[nH]c(=O)c1CNC(=O)OC(C)(C)C.N#CCC(N)=O.[Na+].[Na+]. The molecule has 0 aromatic carbocycles. The van der Waals surface area contributed by atoms with Crippen molar-refractivity contribution in [3.8, 4) is 12.1 Å². The number of aryl methyl sites for hydroxylation is 4. The number of aromatic amines is 4.